The van der Waals surface area contributed by atoms with Crippen LogP contribution in [0.3, 0.4) is 0 Å². The molecule has 0 amide bonds. The van der Waals surface area contributed by atoms with E-state index >= 15 is 0 Å². The van der Waals surface area contributed by atoms with Crippen LogP contribution in [0.25, 0.3) is 0 Å². The maximum atomic E-state index is 8.74. The van der Waals surface area contributed by atoms with Gasteiger partial charge in [-0.25, -0.2) is 4.99 Å². The maximum absolute atomic E-state index is 8.74. The Balaban J connectivity index is 4.68. The van der Waals surface area contributed by atoms with Crippen molar-refractivity contribution < 1.29 is 5.11 Å². The van der Waals surface area contributed by atoms with Crippen LogP contribution in [0.2, 0.25) is 0 Å². The van der Waals surface area contributed by atoms with Crippen LogP contribution in [-0.4, -0.2) is 10.9 Å². The van der Waals surface area contributed by atoms with Gasteiger partial charge in [0.25, 0.3) is 0 Å². The predicted octanol–water partition coefficient (Wildman–Crippen LogP) is -0.478. The second-order valence-corrected chi connectivity index (χ2v) is 2.00. The molecule has 0 fully saturated rings. The summed E-state index contributed by atoms with van der Waals surface area (Å²) in [6, 6.07) is 0. The van der Waals surface area contributed by atoms with Gasteiger partial charge < -0.3 is 22.3 Å². The van der Waals surface area contributed by atoms with Gasteiger partial charge in [0.05, 0.1) is 5.84 Å². The molecule has 0 heterocycles. The topological polar surface area (TPSA) is 111 Å². The van der Waals surface area contributed by atoms with E-state index in [0.29, 0.717) is 0 Å². The van der Waals surface area contributed by atoms with Gasteiger partial charge in [-0.2, -0.15) is 0 Å². The Labute approximate surface area is 64.9 Å². The third-order valence-corrected chi connectivity index (χ3v) is 0.884. The summed E-state index contributed by atoms with van der Waals surface area (Å²) in [6.45, 7) is 4.72. The monoisotopic (exact) mass is 156 g/mol. The fourth-order valence-corrected chi connectivity index (χ4v) is 0.398. The van der Waals surface area contributed by atoms with Gasteiger partial charge in [-0.05, 0) is 6.92 Å². The van der Waals surface area contributed by atoms with Gasteiger partial charge in [0, 0.05) is 0 Å². The first-order valence-electron chi connectivity index (χ1n) is 2.89. The second-order valence-electron chi connectivity index (χ2n) is 2.00. The Hall–Kier alpha value is -1.65. The Morgan fingerprint density at radius 1 is 1.36 bits per heavy atom. The van der Waals surface area contributed by atoms with E-state index in [2.05, 4.69) is 11.6 Å². The molecule has 0 bridgehead atoms. The number of aliphatic hydroxyl groups excluding tert-OH is 1. The lowest BCUT2D eigenvalue weighted by Crippen LogP contribution is -2.14. The number of nitrogens with two attached hydrogens (primary N) is 3. The molecule has 0 unspecified atom stereocenters. The molecule has 7 N–H and O–H groups in total. The first kappa shape index (κ1) is 9.35. The maximum Gasteiger partial charge on any atom is 0.152 e. The largest absolute Gasteiger partial charge is 0.506 e. The van der Waals surface area contributed by atoms with Crippen LogP contribution in [0.4, 0.5) is 0 Å². The number of aliphatic imine (C=N–C) groups is 1. The van der Waals surface area contributed by atoms with Crippen molar-refractivity contribution in [3.63, 3.8) is 0 Å². The van der Waals surface area contributed by atoms with Gasteiger partial charge in [0.1, 0.15) is 11.5 Å². The normalized spacial score (nSPS) is 14.1. The van der Waals surface area contributed by atoms with Crippen molar-refractivity contribution in [1.29, 1.82) is 0 Å². The third-order valence-electron chi connectivity index (χ3n) is 0.884. The standard InChI is InChI=1S/C6H12N4O/c1-3(11)5(8)6(9)10-4(2)7/h11H,1,8-9H2,2H3,(H2,7,10)/b6-5+. The van der Waals surface area contributed by atoms with Gasteiger partial charge in [0.15, 0.2) is 5.82 Å². The van der Waals surface area contributed by atoms with Crippen LogP contribution in [0.5, 0.6) is 0 Å². The zero-order chi connectivity index (χ0) is 9.02. The summed E-state index contributed by atoms with van der Waals surface area (Å²) in [5, 5.41) is 8.74. The lowest BCUT2D eigenvalue weighted by Gasteiger charge is -2.00. The lowest BCUT2D eigenvalue weighted by atomic mass is 10.4. The molecule has 0 rings (SSSR count). The second kappa shape index (κ2) is 3.50. The van der Waals surface area contributed by atoms with Gasteiger partial charge in [-0.15, -0.1) is 0 Å². The van der Waals surface area contributed by atoms with E-state index in [1.807, 2.05) is 0 Å². The first-order chi connectivity index (χ1) is 4.95. The molecular weight excluding hydrogens is 144 g/mol. The van der Waals surface area contributed by atoms with Crippen LogP contribution >= 0.6 is 0 Å². The average molecular weight is 156 g/mol. The van der Waals surface area contributed by atoms with Crippen LogP contribution in [0.15, 0.2) is 28.8 Å². The smallest absolute Gasteiger partial charge is 0.152 e. The molecule has 0 radical (unpaired) electrons. The molecule has 0 aromatic carbocycles. The third kappa shape index (κ3) is 3.14. The number of hydrogen-bond acceptors (Lipinski definition) is 4. The van der Waals surface area contributed by atoms with Crippen molar-refractivity contribution >= 4 is 5.84 Å². The zero-order valence-corrected chi connectivity index (χ0v) is 6.33. The van der Waals surface area contributed by atoms with E-state index in [1.54, 1.807) is 6.92 Å². The molecule has 0 atom stereocenters. The average Bonchev–Trinajstić information content (AvgIpc) is 1.84. The van der Waals surface area contributed by atoms with Crippen LogP contribution in [0, 0.1) is 0 Å². The van der Waals surface area contributed by atoms with E-state index in [1.165, 1.54) is 0 Å². The molecular formula is C6H12N4O. The van der Waals surface area contributed by atoms with Gasteiger partial charge in [-0.3, -0.25) is 0 Å². The summed E-state index contributed by atoms with van der Waals surface area (Å²) in [6.07, 6.45) is 0. The summed E-state index contributed by atoms with van der Waals surface area (Å²) >= 11 is 0. The summed E-state index contributed by atoms with van der Waals surface area (Å²) in [7, 11) is 0. The number of hydrogen-bond donors (Lipinski definition) is 4. The molecule has 5 heteroatoms. The van der Waals surface area contributed by atoms with Crippen molar-refractivity contribution in [2.45, 2.75) is 6.92 Å². The van der Waals surface area contributed by atoms with E-state index in [4.69, 9.17) is 22.3 Å². The van der Waals surface area contributed by atoms with Crippen molar-refractivity contribution in [1.82, 2.24) is 0 Å². The van der Waals surface area contributed by atoms with E-state index < -0.39 is 0 Å². The molecule has 0 aliphatic heterocycles. The Morgan fingerprint density at radius 2 is 1.82 bits per heavy atom. The fraction of sp³-hybridized carbons (Fsp3) is 0.167. The van der Waals surface area contributed by atoms with Gasteiger partial charge >= 0.3 is 0 Å². The van der Waals surface area contributed by atoms with Gasteiger partial charge in [0.2, 0.25) is 0 Å². The molecule has 0 aromatic rings. The minimum Gasteiger partial charge on any atom is -0.506 e. The zero-order valence-electron chi connectivity index (χ0n) is 6.33. The summed E-state index contributed by atoms with van der Waals surface area (Å²) < 4.78 is 0. The molecule has 0 spiro atoms. The number of aliphatic hydroxyl groups is 1. The van der Waals surface area contributed by atoms with Crippen molar-refractivity contribution in [3.8, 4) is 0 Å². The first-order valence-corrected chi connectivity index (χ1v) is 2.89. The lowest BCUT2D eigenvalue weighted by molar-refractivity contribution is 0.423. The molecule has 0 saturated carbocycles. The quantitative estimate of drug-likeness (QED) is 0.187. The predicted molar refractivity (Wildman–Crippen MR) is 44.5 cm³/mol. The van der Waals surface area contributed by atoms with E-state index in [0.717, 1.165) is 0 Å². The molecule has 5 nitrogen and oxygen atoms in total. The highest BCUT2D eigenvalue weighted by Gasteiger charge is 1.99. The number of amidine groups is 1. The van der Waals surface area contributed by atoms with Crippen molar-refractivity contribution in [2.24, 2.45) is 22.2 Å². The highest BCUT2D eigenvalue weighted by Crippen LogP contribution is 2.00. The Bertz CT molecular complexity index is 225. The minimum atomic E-state index is -0.312. The molecule has 0 aromatic heterocycles. The SMILES string of the molecule is C=C(O)/C(N)=C(/N)N=C(C)N. The molecule has 0 aliphatic carbocycles. The molecule has 62 valence electrons. The molecule has 11 heavy (non-hydrogen) atoms. The highest BCUT2D eigenvalue weighted by atomic mass is 16.3. The molecule has 0 aliphatic rings. The van der Waals surface area contributed by atoms with E-state index in [-0.39, 0.29) is 23.1 Å². The van der Waals surface area contributed by atoms with E-state index in [9.17, 15) is 0 Å². The van der Waals surface area contributed by atoms with Crippen LogP contribution < -0.4 is 17.2 Å². The van der Waals surface area contributed by atoms with Crippen molar-refractivity contribution in [2.75, 3.05) is 0 Å². The highest BCUT2D eigenvalue weighted by molar-refractivity contribution is 5.78. The number of rotatable bonds is 2. The number of nitrogens with zero attached hydrogens (tertiary/aromatic N) is 1. The molecule has 0 saturated heterocycles. The minimum absolute atomic E-state index is 0.0301. The van der Waals surface area contributed by atoms with Gasteiger partial charge in [-0.1, -0.05) is 6.58 Å². The summed E-state index contributed by atoms with van der Waals surface area (Å²) in [5.74, 6) is -0.0725. The van der Waals surface area contributed by atoms with Crippen molar-refractivity contribution in [3.05, 3.63) is 23.9 Å². The Kier molecular flexibility index (Phi) is 2.98. The summed E-state index contributed by atoms with van der Waals surface area (Å²) in [5.41, 5.74) is 15.7. The fourth-order valence-electron chi connectivity index (χ4n) is 0.398. The van der Waals surface area contributed by atoms with Crippen LogP contribution in [-0.2, 0) is 0 Å². The Morgan fingerprint density at radius 3 is 2.09 bits per heavy atom. The summed E-state index contributed by atoms with van der Waals surface area (Å²) in [4.78, 5) is 3.60. The van der Waals surface area contributed by atoms with Crippen LogP contribution in [0.1, 0.15) is 6.92 Å².